The molecule has 2 rings (SSSR count). The molecule has 7 heteroatoms. The number of carbonyl (C=O) groups is 1. The van der Waals surface area contributed by atoms with Gasteiger partial charge in [0, 0.05) is 12.7 Å². The quantitative estimate of drug-likeness (QED) is 0.903. The minimum Gasteiger partial charge on any atom is -0.478 e. The number of aromatic carboxylic acids is 1. The Balaban J connectivity index is 2.35. The second-order valence-electron chi connectivity index (χ2n) is 3.67. The largest absolute Gasteiger partial charge is 0.478 e. The molecule has 0 aliphatic carbocycles. The lowest BCUT2D eigenvalue weighted by Gasteiger charge is -2.04. The van der Waals surface area contributed by atoms with Crippen LogP contribution in [0.4, 0.5) is 0 Å². The molecule has 2 aromatic rings. The highest BCUT2D eigenvalue weighted by Gasteiger charge is 2.11. The van der Waals surface area contributed by atoms with Crippen LogP contribution in [0.3, 0.4) is 0 Å². The molecule has 94 valence electrons. The molecule has 6 nitrogen and oxygen atoms in total. The highest BCUT2D eigenvalue weighted by molar-refractivity contribution is 7.99. The lowest BCUT2D eigenvalue weighted by molar-refractivity contribution is 0.0696. The Bertz CT molecular complexity index is 582. The van der Waals surface area contributed by atoms with Crippen molar-refractivity contribution >= 4 is 17.7 Å². The Morgan fingerprint density at radius 2 is 2.28 bits per heavy atom. The summed E-state index contributed by atoms with van der Waals surface area (Å²) in [6, 6.07) is 3.13. The Labute approximate surface area is 108 Å². The summed E-state index contributed by atoms with van der Waals surface area (Å²) in [5, 5.41) is 18.0. The lowest BCUT2D eigenvalue weighted by atomic mass is 10.2. The van der Waals surface area contributed by atoms with Crippen LogP contribution in [0.25, 0.3) is 0 Å². The van der Waals surface area contributed by atoms with E-state index >= 15 is 0 Å². The van der Waals surface area contributed by atoms with E-state index < -0.39 is 5.97 Å². The molecule has 0 bridgehead atoms. The number of aryl methyl sites for hydroxylation is 2. The summed E-state index contributed by atoms with van der Waals surface area (Å²) in [4.78, 5) is 15.4. The highest BCUT2D eigenvalue weighted by atomic mass is 32.2. The van der Waals surface area contributed by atoms with E-state index in [0.717, 1.165) is 5.69 Å². The molecule has 0 aliphatic heterocycles. The van der Waals surface area contributed by atoms with E-state index in [2.05, 4.69) is 15.2 Å². The maximum Gasteiger partial charge on any atom is 0.335 e. The molecule has 1 N–H and O–H groups in total. The van der Waals surface area contributed by atoms with Gasteiger partial charge in [0.1, 0.15) is 11.4 Å². The highest BCUT2D eigenvalue weighted by Crippen LogP contribution is 2.24. The molecule has 0 amide bonds. The molecule has 0 atom stereocenters. The molecule has 0 unspecified atom stereocenters. The van der Waals surface area contributed by atoms with Gasteiger partial charge >= 0.3 is 5.97 Å². The molecular formula is C11H12N4O2S. The summed E-state index contributed by atoms with van der Waals surface area (Å²) in [7, 11) is 1.82. The van der Waals surface area contributed by atoms with Crippen molar-refractivity contribution < 1.29 is 9.90 Å². The van der Waals surface area contributed by atoms with Gasteiger partial charge in [-0.15, -0.1) is 10.2 Å². The first-order valence-corrected chi connectivity index (χ1v) is 6.18. The lowest BCUT2D eigenvalue weighted by Crippen LogP contribution is -2.01. The normalized spacial score (nSPS) is 10.6. The van der Waals surface area contributed by atoms with Crippen molar-refractivity contribution in [3.8, 4) is 0 Å². The zero-order valence-corrected chi connectivity index (χ0v) is 10.8. The van der Waals surface area contributed by atoms with Crippen molar-refractivity contribution in [1.29, 1.82) is 0 Å². The van der Waals surface area contributed by atoms with Gasteiger partial charge in [0.2, 0.25) is 0 Å². The SMILES string of the molecule is CCc1cc(C(=O)O)cc(Sc2nncn2C)n1. The minimum atomic E-state index is -0.952. The summed E-state index contributed by atoms with van der Waals surface area (Å²) in [6.45, 7) is 1.94. The van der Waals surface area contributed by atoms with Gasteiger partial charge in [-0.1, -0.05) is 6.92 Å². The first kappa shape index (κ1) is 12.6. The molecule has 0 radical (unpaired) electrons. The molecule has 2 heterocycles. The molecule has 0 saturated heterocycles. The Morgan fingerprint density at radius 1 is 1.50 bits per heavy atom. The summed E-state index contributed by atoms with van der Waals surface area (Å²) in [5.41, 5.74) is 0.992. The monoisotopic (exact) mass is 264 g/mol. The summed E-state index contributed by atoms with van der Waals surface area (Å²) >= 11 is 1.30. The van der Waals surface area contributed by atoms with E-state index in [1.165, 1.54) is 11.8 Å². The number of rotatable bonds is 4. The van der Waals surface area contributed by atoms with Gasteiger partial charge in [-0.05, 0) is 30.3 Å². The van der Waals surface area contributed by atoms with Crippen LogP contribution in [0.1, 0.15) is 23.0 Å². The number of aromatic nitrogens is 4. The summed E-state index contributed by atoms with van der Waals surface area (Å²) in [6.07, 6.45) is 2.28. The Hall–Kier alpha value is -1.89. The molecule has 18 heavy (non-hydrogen) atoms. The molecule has 0 fully saturated rings. The van der Waals surface area contributed by atoms with Gasteiger partial charge in [0.25, 0.3) is 0 Å². The van der Waals surface area contributed by atoms with Crippen LogP contribution in [-0.2, 0) is 13.5 Å². The Kier molecular flexibility index (Phi) is 3.61. The fourth-order valence-electron chi connectivity index (χ4n) is 1.38. The molecule has 0 spiro atoms. The Morgan fingerprint density at radius 3 is 2.83 bits per heavy atom. The number of nitrogens with zero attached hydrogens (tertiary/aromatic N) is 4. The first-order valence-electron chi connectivity index (χ1n) is 5.36. The zero-order valence-electron chi connectivity index (χ0n) is 9.99. The zero-order chi connectivity index (χ0) is 13.1. The average molecular weight is 264 g/mol. The van der Waals surface area contributed by atoms with E-state index in [1.807, 2.05) is 14.0 Å². The van der Waals surface area contributed by atoms with Crippen molar-refractivity contribution in [3.05, 3.63) is 29.7 Å². The third-order valence-corrected chi connectivity index (χ3v) is 3.30. The van der Waals surface area contributed by atoms with E-state index in [-0.39, 0.29) is 5.56 Å². The standard InChI is InChI=1S/C11H12N4O2S/c1-3-8-4-7(10(16)17)5-9(13-8)18-11-14-12-6-15(11)2/h4-6H,3H2,1-2H3,(H,16,17). The van der Waals surface area contributed by atoms with Gasteiger partial charge in [0.15, 0.2) is 5.16 Å². The predicted octanol–water partition coefficient (Wildman–Crippen LogP) is 1.62. The number of hydrogen-bond donors (Lipinski definition) is 1. The average Bonchev–Trinajstić information content (AvgIpc) is 2.74. The van der Waals surface area contributed by atoms with Crippen LogP contribution >= 0.6 is 11.8 Å². The smallest absolute Gasteiger partial charge is 0.335 e. The predicted molar refractivity (Wildman–Crippen MR) is 65.7 cm³/mol. The number of pyridine rings is 1. The fourth-order valence-corrected chi connectivity index (χ4v) is 2.19. The van der Waals surface area contributed by atoms with Crippen LogP contribution in [0.15, 0.2) is 28.6 Å². The van der Waals surface area contributed by atoms with Gasteiger partial charge < -0.3 is 9.67 Å². The molecule has 0 aromatic carbocycles. The van der Waals surface area contributed by atoms with Crippen LogP contribution in [0.5, 0.6) is 0 Å². The summed E-state index contributed by atoms with van der Waals surface area (Å²) in [5.74, 6) is -0.952. The van der Waals surface area contributed by atoms with Crippen molar-refractivity contribution in [2.75, 3.05) is 0 Å². The van der Waals surface area contributed by atoms with Gasteiger partial charge in [-0.25, -0.2) is 9.78 Å². The third-order valence-electron chi connectivity index (χ3n) is 2.33. The maximum atomic E-state index is 11.0. The number of carboxylic acid groups (broad SMARTS) is 1. The summed E-state index contributed by atoms with van der Waals surface area (Å²) < 4.78 is 1.76. The van der Waals surface area contributed by atoms with E-state index in [1.54, 1.807) is 23.0 Å². The molecule has 0 aliphatic rings. The molecular weight excluding hydrogens is 252 g/mol. The van der Waals surface area contributed by atoms with Gasteiger partial charge in [-0.3, -0.25) is 0 Å². The van der Waals surface area contributed by atoms with E-state index in [9.17, 15) is 4.79 Å². The first-order chi connectivity index (χ1) is 8.60. The van der Waals surface area contributed by atoms with Crippen LogP contribution in [0.2, 0.25) is 0 Å². The van der Waals surface area contributed by atoms with Crippen LogP contribution in [0, 0.1) is 0 Å². The van der Waals surface area contributed by atoms with Crippen molar-refractivity contribution in [2.45, 2.75) is 23.5 Å². The van der Waals surface area contributed by atoms with Crippen molar-refractivity contribution in [1.82, 2.24) is 19.7 Å². The topological polar surface area (TPSA) is 80.9 Å². The van der Waals surface area contributed by atoms with Crippen molar-refractivity contribution in [3.63, 3.8) is 0 Å². The van der Waals surface area contributed by atoms with Gasteiger partial charge in [-0.2, -0.15) is 0 Å². The van der Waals surface area contributed by atoms with Crippen molar-refractivity contribution in [2.24, 2.45) is 7.05 Å². The van der Waals surface area contributed by atoms with E-state index in [4.69, 9.17) is 5.11 Å². The second kappa shape index (κ2) is 5.18. The van der Waals surface area contributed by atoms with Crippen LogP contribution in [-0.4, -0.2) is 30.8 Å². The fraction of sp³-hybridized carbons (Fsp3) is 0.273. The third kappa shape index (κ3) is 2.67. The number of carboxylic acids is 1. The second-order valence-corrected chi connectivity index (χ2v) is 4.66. The van der Waals surface area contributed by atoms with Crippen LogP contribution < -0.4 is 0 Å². The molecule has 0 saturated carbocycles. The maximum absolute atomic E-state index is 11.0. The van der Waals surface area contributed by atoms with Gasteiger partial charge in [0.05, 0.1) is 5.56 Å². The molecule has 2 aromatic heterocycles. The minimum absolute atomic E-state index is 0.242. The number of hydrogen-bond acceptors (Lipinski definition) is 5. The van der Waals surface area contributed by atoms with E-state index in [0.29, 0.717) is 16.6 Å².